The Kier molecular flexibility index (Phi) is 5.68. The Bertz CT molecular complexity index is 625. The Morgan fingerprint density at radius 3 is 2.56 bits per heavy atom. The van der Waals surface area contributed by atoms with Gasteiger partial charge in [-0.15, -0.1) is 6.58 Å². The predicted molar refractivity (Wildman–Crippen MR) is 93.1 cm³/mol. The zero-order valence-corrected chi connectivity index (χ0v) is 14.4. The molecule has 0 spiro atoms. The van der Waals surface area contributed by atoms with Crippen molar-refractivity contribution in [1.29, 1.82) is 0 Å². The van der Waals surface area contributed by atoms with Crippen LogP contribution in [0.15, 0.2) is 30.9 Å². The molecule has 136 valence electrons. The van der Waals surface area contributed by atoms with Gasteiger partial charge in [-0.3, -0.25) is 4.90 Å². The van der Waals surface area contributed by atoms with Gasteiger partial charge in [-0.1, -0.05) is 12.1 Å². The highest BCUT2D eigenvalue weighted by Crippen LogP contribution is 2.27. The van der Waals surface area contributed by atoms with Gasteiger partial charge in [0, 0.05) is 38.3 Å². The fourth-order valence-electron chi connectivity index (χ4n) is 3.31. The van der Waals surface area contributed by atoms with Crippen LogP contribution < -0.4 is 5.32 Å². The van der Waals surface area contributed by atoms with Crippen LogP contribution in [0.25, 0.3) is 0 Å². The summed E-state index contributed by atoms with van der Waals surface area (Å²) in [6, 6.07) is 4.58. The molecule has 1 aromatic rings. The molecule has 1 saturated carbocycles. The van der Waals surface area contributed by atoms with Crippen LogP contribution in [0, 0.1) is 11.6 Å². The fraction of sp³-hybridized carbons (Fsp3) is 0.526. The van der Waals surface area contributed by atoms with Gasteiger partial charge in [-0.05, 0) is 43.4 Å². The molecule has 1 saturated heterocycles. The van der Waals surface area contributed by atoms with E-state index < -0.39 is 11.6 Å². The molecule has 25 heavy (non-hydrogen) atoms. The molecule has 6 heteroatoms. The monoisotopic (exact) mass is 349 g/mol. The third kappa shape index (κ3) is 4.78. The topological polar surface area (TPSA) is 35.6 Å². The molecular weight excluding hydrogens is 324 g/mol. The largest absolute Gasteiger partial charge is 0.335 e. The first kappa shape index (κ1) is 17.9. The summed E-state index contributed by atoms with van der Waals surface area (Å²) >= 11 is 0. The minimum atomic E-state index is -0.815. The van der Waals surface area contributed by atoms with Gasteiger partial charge in [0.25, 0.3) is 0 Å². The summed E-state index contributed by atoms with van der Waals surface area (Å²) in [5, 5.41) is 3.13. The molecule has 2 amide bonds. The van der Waals surface area contributed by atoms with Gasteiger partial charge in [0.15, 0.2) is 11.6 Å². The van der Waals surface area contributed by atoms with E-state index >= 15 is 0 Å². The van der Waals surface area contributed by atoms with E-state index in [2.05, 4.69) is 16.8 Å². The summed E-state index contributed by atoms with van der Waals surface area (Å²) in [6.45, 7) is 6.57. The van der Waals surface area contributed by atoms with Gasteiger partial charge < -0.3 is 10.2 Å². The highest BCUT2D eigenvalue weighted by atomic mass is 19.2. The molecule has 4 nitrogen and oxygen atoms in total. The van der Waals surface area contributed by atoms with Gasteiger partial charge in [0.1, 0.15) is 0 Å². The summed E-state index contributed by atoms with van der Waals surface area (Å²) < 4.78 is 26.3. The van der Waals surface area contributed by atoms with Crippen molar-refractivity contribution in [2.45, 2.75) is 44.3 Å². The molecule has 2 fully saturated rings. The van der Waals surface area contributed by atoms with Crippen LogP contribution >= 0.6 is 0 Å². The van der Waals surface area contributed by atoms with Crippen molar-refractivity contribution in [2.75, 3.05) is 19.6 Å². The van der Waals surface area contributed by atoms with Gasteiger partial charge in [0.2, 0.25) is 0 Å². The lowest BCUT2D eigenvalue weighted by molar-refractivity contribution is 0.170. The lowest BCUT2D eigenvalue weighted by Gasteiger charge is -2.33. The lowest BCUT2D eigenvalue weighted by Crippen LogP contribution is -2.49. The Labute approximate surface area is 147 Å². The fourth-order valence-corrected chi connectivity index (χ4v) is 3.31. The van der Waals surface area contributed by atoms with E-state index in [9.17, 15) is 13.6 Å². The third-order valence-corrected chi connectivity index (χ3v) is 4.88. The summed E-state index contributed by atoms with van der Waals surface area (Å²) in [5.74, 6) is -1.62. The molecule has 0 unspecified atom stereocenters. The minimum Gasteiger partial charge on any atom is -0.335 e. The Morgan fingerprint density at radius 1 is 1.24 bits per heavy atom. The van der Waals surface area contributed by atoms with Crippen molar-refractivity contribution >= 4 is 6.03 Å². The molecule has 1 heterocycles. The summed E-state index contributed by atoms with van der Waals surface area (Å²) in [7, 11) is 0. The number of rotatable bonds is 6. The summed E-state index contributed by atoms with van der Waals surface area (Å²) in [4.78, 5) is 16.5. The number of carbonyl (C=O) groups is 1. The number of urea groups is 1. The number of nitrogens with zero attached hydrogens (tertiary/aromatic N) is 2. The van der Waals surface area contributed by atoms with Gasteiger partial charge in [-0.2, -0.15) is 0 Å². The standard InChI is InChI=1S/C19H25F2N3O/c1-2-9-24(16-4-5-16)19(25)22-15-7-10-23(11-8-15)13-14-3-6-17(20)18(21)12-14/h2-3,6,12,15-16H,1,4-5,7-11,13H2,(H,22,25). The zero-order valence-electron chi connectivity index (χ0n) is 14.4. The number of carbonyl (C=O) groups excluding carboxylic acids is 1. The molecular formula is C19H25F2N3O. The maximum Gasteiger partial charge on any atom is 0.318 e. The summed E-state index contributed by atoms with van der Waals surface area (Å²) in [6.07, 6.45) is 5.65. The molecule has 1 N–H and O–H groups in total. The van der Waals surface area contributed by atoms with E-state index in [1.54, 1.807) is 12.1 Å². The van der Waals surface area contributed by atoms with E-state index in [-0.39, 0.29) is 12.1 Å². The van der Waals surface area contributed by atoms with E-state index in [1.165, 1.54) is 12.1 Å². The van der Waals surface area contributed by atoms with Crippen molar-refractivity contribution in [3.63, 3.8) is 0 Å². The molecule has 1 aliphatic heterocycles. The highest BCUT2D eigenvalue weighted by molar-refractivity contribution is 5.75. The Hall–Kier alpha value is -1.95. The van der Waals surface area contributed by atoms with E-state index in [0.717, 1.165) is 44.3 Å². The van der Waals surface area contributed by atoms with Crippen LogP contribution in [0.1, 0.15) is 31.2 Å². The first-order chi connectivity index (χ1) is 12.1. The smallest absolute Gasteiger partial charge is 0.318 e. The first-order valence-corrected chi connectivity index (χ1v) is 8.91. The van der Waals surface area contributed by atoms with Crippen molar-refractivity contribution in [1.82, 2.24) is 15.1 Å². The average Bonchev–Trinajstić information content (AvgIpc) is 3.42. The second-order valence-corrected chi connectivity index (χ2v) is 6.92. The lowest BCUT2D eigenvalue weighted by atomic mass is 10.0. The summed E-state index contributed by atoms with van der Waals surface area (Å²) in [5.41, 5.74) is 0.771. The van der Waals surface area contributed by atoms with E-state index in [0.29, 0.717) is 19.1 Å². The van der Waals surface area contributed by atoms with Crippen molar-refractivity contribution in [3.8, 4) is 0 Å². The number of halogens is 2. The van der Waals surface area contributed by atoms with Crippen LogP contribution in [-0.2, 0) is 6.54 Å². The second kappa shape index (κ2) is 7.95. The van der Waals surface area contributed by atoms with Crippen molar-refractivity contribution in [2.24, 2.45) is 0 Å². The molecule has 2 aliphatic rings. The van der Waals surface area contributed by atoms with Gasteiger partial charge in [0.05, 0.1) is 0 Å². The number of benzene rings is 1. The molecule has 0 radical (unpaired) electrons. The van der Waals surface area contributed by atoms with Crippen LogP contribution in [0.5, 0.6) is 0 Å². The maximum atomic E-state index is 13.3. The SMILES string of the molecule is C=CCN(C(=O)NC1CCN(Cc2ccc(F)c(F)c2)CC1)C1CC1. The molecule has 1 aromatic carbocycles. The van der Waals surface area contributed by atoms with Crippen LogP contribution in [-0.4, -0.2) is 47.5 Å². The molecule has 3 rings (SSSR count). The highest BCUT2D eigenvalue weighted by Gasteiger charge is 2.33. The molecule has 0 atom stereocenters. The zero-order chi connectivity index (χ0) is 17.8. The average molecular weight is 349 g/mol. The van der Waals surface area contributed by atoms with Crippen molar-refractivity contribution in [3.05, 3.63) is 48.1 Å². The van der Waals surface area contributed by atoms with Crippen molar-refractivity contribution < 1.29 is 13.6 Å². The van der Waals surface area contributed by atoms with E-state index in [1.807, 2.05) is 4.90 Å². The Balaban J connectivity index is 1.45. The normalized spacial score (nSPS) is 18.8. The first-order valence-electron chi connectivity index (χ1n) is 8.91. The molecule has 0 aromatic heterocycles. The maximum absolute atomic E-state index is 13.3. The predicted octanol–water partition coefficient (Wildman–Crippen LogP) is 3.29. The van der Waals surface area contributed by atoms with Crippen LogP contribution in [0.2, 0.25) is 0 Å². The minimum absolute atomic E-state index is 0.00135. The quantitative estimate of drug-likeness (QED) is 0.800. The number of nitrogens with one attached hydrogen (secondary N) is 1. The third-order valence-electron chi connectivity index (χ3n) is 4.88. The van der Waals surface area contributed by atoms with E-state index in [4.69, 9.17) is 0 Å². The van der Waals surface area contributed by atoms with Crippen LogP contribution in [0.4, 0.5) is 13.6 Å². The number of piperidine rings is 1. The number of hydrogen-bond donors (Lipinski definition) is 1. The molecule has 1 aliphatic carbocycles. The number of amides is 2. The molecule has 0 bridgehead atoms. The van der Waals surface area contributed by atoms with Gasteiger partial charge in [-0.25, -0.2) is 13.6 Å². The Morgan fingerprint density at radius 2 is 1.96 bits per heavy atom. The van der Waals surface area contributed by atoms with Crippen LogP contribution in [0.3, 0.4) is 0 Å². The number of likely N-dealkylation sites (tertiary alicyclic amines) is 1. The second-order valence-electron chi connectivity index (χ2n) is 6.92. The number of hydrogen-bond acceptors (Lipinski definition) is 2. The van der Waals surface area contributed by atoms with Gasteiger partial charge >= 0.3 is 6.03 Å².